The summed E-state index contributed by atoms with van der Waals surface area (Å²) in [6.07, 6.45) is -1.14. The Kier molecular flexibility index (Phi) is 4.62. The van der Waals surface area contributed by atoms with Gasteiger partial charge in [-0.15, -0.1) is 0 Å². The number of halogens is 3. The van der Waals surface area contributed by atoms with Gasteiger partial charge in [0.25, 0.3) is 0 Å². The molecule has 25 heavy (non-hydrogen) atoms. The van der Waals surface area contributed by atoms with Crippen molar-refractivity contribution in [3.63, 3.8) is 0 Å². The molecule has 2 N–H and O–H groups in total. The van der Waals surface area contributed by atoms with Crippen LogP contribution in [0.2, 0.25) is 0 Å². The lowest BCUT2D eigenvalue weighted by molar-refractivity contribution is -0.187. The number of carbonyl (C=O) groups excluding carboxylic acids is 1. The molecule has 5 nitrogen and oxygen atoms in total. The van der Waals surface area contributed by atoms with Crippen molar-refractivity contribution in [1.82, 2.24) is 4.90 Å². The lowest BCUT2D eigenvalue weighted by Gasteiger charge is -2.26. The summed E-state index contributed by atoms with van der Waals surface area (Å²) >= 11 is 0. The van der Waals surface area contributed by atoms with Gasteiger partial charge in [0, 0.05) is 18.8 Å². The highest BCUT2D eigenvalue weighted by Gasteiger charge is 2.53. The van der Waals surface area contributed by atoms with Crippen molar-refractivity contribution in [3.05, 3.63) is 29.8 Å². The number of carbonyl (C=O) groups is 2. The van der Waals surface area contributed by atoms with Crippen LogP contribution in [0.15, 0.2) is 24.3 Å². The predicted octanol–water partition coefficient (Wildman–Crippen LogP) is 3.68. The fraction of sp³-hybridized carbons (Fsp3) is 0.529. The van der Waals surface area contributed by atoms with Crippen LogP contribution in [-0.2, 0) is 4.79 Å². The molecule has 2 atom stereocenters. The van der Waals surface area contributed by atoms with Gasteiger partial charge in [-0.05, 0) is 36.5 Å². The quantitative estimate of drug-likeness (QED) is 0.868. The Balaban J connectivity index is 1.64. The fourth-order valence-corrected chi connectivity index (χ4v) is 3.33. The molecule has 0 bridgehead atoms. The summed E-state index contributed by atoms with van der Waals surface area (Å²) in [6, 6.07) is 6.54. The zero-order valence-electron chi connectivity index (χ0n) is 13.4. The first-order chi connectivity index (χ1) is 11.8. The summed E-state index contributed by atoms with van der Waals surface area (Å²) in [5.41, 5.74) is 1.67. The molecule has 3 rings (SSSR count). The lowest BCUT2D eigenvalue weighted by Crippen LogP contribution is -2.35. The molecule has 136 valence electrons. The zero-order chi connectivity index (χ0) is 18.2. The maximum atomic E-state index is 13.0. The molecule has 1 saturated heterocycles. The predicted molar refractivity (Wildman–Crippen MR) is 84.3 cm³/mol. The maximum absolute atomic E-state index is 13.0. The van der Waals surface area contributed by atoms with E-state index in [1.54, 1.807) is 12.1 Å². The number of rotatable bonds is 3. The van der Waals surface area contributed by atoms with Gasteiger partial charge in [-0.2, -0.15) is 13.2 Å². The Bertz CT molecular complexity index is 656. The second kappa shape index (κ2) is 6.57. The van der Waals surface area contributed by atoms with E-state index >= 15 is 0 Å². The minimum absolute atomic E-state index is 0.453. The van der Waals surface area contributed by atoms with E-state index in [-0.39, 0.29) is 0 Å². The van der Waals surface area contributed by atoms with Crippen LogP contribution in [0.3, 0.4) is 0 Å². The first-order valence-corrected chi connectivity index (χ1v) is 8.21. The van der Waals surface area contributed by atoms with Crippen molar-refractivity contribution in [2.24, 2.45) is 11.8 Å². The van der Waals surface area contributed by atoms with E-state index < -0.39 is 43.1 Å². The minimum atomic E-state index is -4.65. The van der Waals surface area contributed by atoms with E-state index in [2.05, 4.69) is 5.32 Å². The van der Waals surface area contributed by atoms with Gasteiger partial charge in [0.05, 0.1) is 11.8 Å². The summed E-state index contributed by atoms with van der Waals surface area (Å²) in [5, 5.41) is 11.5. The Morgan fingerprint density at radius 2 is 1.76 bits per heavy atom. The number of aliphatic carboxylic acids is 1. The molecule has 2 amide bonds. The van der Waals surface area contributed by atoms with Crippen LogP contribution < -0.4 is 5.32 Å². The molecule has 0 radical (unpaired) electrons. The number of alkyl halides is 3. The first-order valence-electron chi connectivity index (χ1n) is 8.21. The third-order valence-electron chi connectivity index (χ3n) is 5.08. The summed E-state index contributed by atoms with van der Waals surface area (Å²) in [5.74, 6) is -4.67. The number of carboxylic acid groups (broad SMARTS) is 1. The second-order valence-corrected chi connectivity index (χ2v) is 6.68. The van der Waals surface area contributed by atoms with Crippen LogP contribution in [0.5, 0.6) is 0 Å². The Morgan fingerprint density at radius 3 is 2.20 bits per heavy atom. The molecular formula is C17H19F3N2O3. The Labute approximate surface area is 142 Å². The van der Waals surface area contributed by atoms with E-state index in [0.29, 0.717) is 11.6 Å². The van der Waals surface area contributed by atoms with Crippen LogP contribution >= 0.6 is 0 Å². The van der Waals surface area contributed by atoms with E-state index in [1.807, 2.05) is 12.1 Å². The average molecular weight is 356 g/mol. The van der Waals surface area contributed by atoms with Crippen LogP contribution in [0, 0.1) is 11.8 Å². The van der Waals surface area contributed by atoms with Gasteiger partial charge in [0.15, 0.2) is 0 Å². The lowest BCUT2D eigenvalue weighted by atomic mass is 9.80. The number of amides is 2. The number of carboxylic acids is 1. The van der Waals surface area contributed by atoms with Crippen molar-refractivity contribution in [1.29, 1.82) is 0 Å². The number of hydrogen-bond donors (Lipinski definition) is 2. The zero-order valence-corrected chi connectivity index (χ0v) is 13.4. The highest BCUT2D eigenvalue weighted by molar-refractivity contribution is 5.90. The minimum Gasteiger partial charge on any atom is -0.481 e. The van der Waals surface area contributed by atoms with Crippen LogP contribution in [0.25, 0.3) is 0 Å². The highest BCUT2D eigenvalue weighted by Crippen LogP contribution is 2.38. The summed E-state index contributed by atoms with van der Waals surface area (Å²) < 4.78 is 38.9. The maximum Gasteiger partial charge on any atom is 0.394 e. The van der Waals surface area contributed by atoms with Crippen LogP contribution in [-0.4, -0.2) is 41.3 Å². The van der Waals surface area contributed by atoms with E-state index in [4.69, 9.17) is 5.11 Å². The molecule has 0 unspecified atom stereocenters. The van der Waals surface area contributed by atoms with Crippen LogP contribution in [0.4, 0.5) is 23.7 Å². The molecule has 1 aromatic carbocycles. The van der Waals surface area contributed by atoms with Gasteiger partial charge in [-0.3, -0.25) is 4.79 Å². The molecule has 2 fully saturated rings. The first kappa shape index (κ1) is 17.6. The average Bonchev–Trinajstić information content (AvgIpc) is 2.93. The van der Waals surface area contributed by atoms with Gasteiger partial charge in [0.2, 0.25) is 0 Å². The number of likely N-dealkylation sites (tertiary alicyclic amines) is 1. The third kappa shape index (κ3) is 3.72. The molecule has 1 heterocycles. The summed E-state index contributed by atoms with van der Waals surface area (Å²) in [7, 11) is 0. The number of nitrogens with one attached hydrogen (secondary N) is 1. The van der Waals surface area contributed by atoms with Crippen LogP contribution in [0.1, 0.15) is 30.7 Å². The second-order valence-electron chi connectivity index (χ2n) is 6.68. The number of nitrogens with zero attached hydrogens (tertiary/aromatic N) is 1. The van der Waals surface area contributed by atoms with Crippen molar-refractivity contribution in [2.75, 3.05) is 18.4 Å². The monoisotopic (exact) mass is 356 g/mol. The van der Waals surface area contributed by atoms with E-state index in [0.717, 1.165) is 17.7 Å². The Hall–Kier alpha value is -2.25. The number of anilines is 1. The normalized spacial score (nSPS) is 24.0. The number of benzene rings is 1. The smallest absolute Gasteiger partial charge is 0.394 e. The van der Waals surface area contributed by atoms with Crippen molar-refractivity contribution in [2.45, 2.75) is 31.4 Å². The fourth-order valence-electron chi connectivity index (χ4n) is 3.33. The van der Waals surface area contributed by atoms with Gasteiger partial charge < -0.3 is 15.3 Å². The van der Waals surface area contributed by atoms with Gasteiger partial charge >= 0.3 is 18.2 Å². The largest absolute Gasteiger partial charge is 0.481 e. The molecular weight excluding hydrogens is 337 g/mol. The Morgan fingerprint density at radius 1 is 1.12 bits per heavy atom. The van der Waals surface area contributed by atoms with Crippen molar-refractivity contribution < 1.29 is 27.9 Å². The molecule has 0 aromatic heterocycles. The van der Waals surface area contributed by atoms with E-state index in [1.165, 1.54) is 12.0 Å². The van der Waals surface area contributed by atoms with Gasteiger partial charge in [-0.25, -0.2) is 4.79 Å². The standard InChI is InChI=1S/C17H19F3N2O3/c18-17(19,20)14-9-22(8-13(14)15(23)24)16(25)21-12-6-4-11(5-7-12)10-2-1-3-10/h4-7,10,13-14H,1-3,8-9H2,(H,21,25)(H,23,24)/t13-,14-/m1/s1. The molecule has 1 saturated carbocycles. The summed E-state index contributed by atoms with van der Waals surface area (Å²) in [4.78, 5) is 24.2. The third-order valence-corrected chi connectivity index (χ3v) is 5.08. The molecule has 1 aliphatic carbocycles. The molecule has 8 heteroatoms. The molecule has 2 aliphatic rings. The van der Waals surface area contributed by atoms with E-state index in [9.17, 15) is 22.8 Å². The van der Waals surface area contributed by atoms with Gasteiger partial charge in [-0.1, -0.05) is 18.6 Å². The molecule has 0 spiro atoms. The molecule has 1 aliphatic heterocycles. The van der Waals surface area contributed by atoms with Crippen molar-refractivity contribution >= 4 is 17.7 Å². The highest BCUT2D eigenvalue weighted by atomic mass is 19.4. The molecule has 1 aromatic rings. The number of urea groups is 1. The van der Waals surface area contributed by atoms with Crippen molar-refractivity contribution in [3.8, 4) is 0 Å². The number of hydrogen-bond acceptors (Lipinski definition) is 2. The SMILES string of the molecule is O=C(O)[C@@H]1CN(C(=O)Nc2ccc(C3CCC3)cc2)C[C@H]1C(F)(F)F. The van der Waals surface area contributed by atoms with Gasteiger partial charge in [0.1, 0.15) is 0 Å². The topological polar surface area (TPSA) is 69.6 Å². The summed E-state index contributed by atoms with van der Waals surface area (Å²) in [6.45, 7) is -1.10.